The van der Waals surface area contributed by atoms with Gasteiger partial charge in [0, 0.05) is 11.3 Å². The summed E-state index contributed by atoms with van der Waals surface area (Å²) in [6.45, 7) is 2.64. The van der Waals surface area contributed by atoms with E-state index in [0.29, 0.717) is 12.1 Å². The Kier molecular flexibility index (Phi) is 4.97. The monoisotopic (exact) mass is 342 g/mol. The van der Waals surface area contributed by atoms with Crippen LogP contribution in [0, 0.1) is 5.82 Å². The molecule has 1 fully saturated rings. The van der Waals surface area contributed by atoms with Crippen molar-refractivity contribution in [2.45, 2.75) is 19.4 Å². The van der Waals surface area contributed by atoms with Gasteiger partial charge in [-0.15, -0.1) is 0 Å². The Balaban J connectivity index is 1.57. The Labute approximate surface area is 145 Å². The van der Waals surface area contributed by atoms with Gasteiger partial charge >= 0.3 is 6.09 Å². The summed E-state index contributed by atoms with van der Waals surface area (Å²) in [5.74, 6) is -0.729. The van der Waals surface area contributed by atoms with Crippen molar-refractivity contribution in [3.63, 3.8) is 0 Å². The minimum atomic E-state index is -0.428. The maximum Gasteiger partial charge on any atom is 0.414 e. The quantitative estimate of drug-likeness (QED) is 0.908. The number of hydrogen-bond acceptors (Lipinski definition) is 3. The molecule has 0 aliphatic carbocycles. The first kappa shape index (κ1) is 17.0. The molecule has 25 heavy (non-hydrogen) atoms. The minimum absolute atomic E-state index is 0.200. The normalized spacial score (nSPS) is 16.6. The Morgan fingerprint density at radius 2 is 1.88 bits per heavy atom. The highest BCUT2D eigenvalue weighted by Crippen LogP contribution is 2.22. The van der Waals surface area contributed by atoms with Crippen molar-refractivity contribution in [1.29, 1.82) is 0 Å². The molecule has 2 amide bonds. The van der Waals surface area contributed by atoms with Crippen LogP contribution in [0.1, 0.15) is 22.8 Å². The molecule has 6 heteroatoms. The Morgan fingerprint density at radius 1 is 1.20 bits per heavy atom. The van der Waals surface area contributed by atoms with Crippen LogP contribution in [0.15, 0.2) is 48.5 Å². The number of hydrogen-bond donors (Lipinski definition) is 1. The van der Waals surface area contributed by atoms with Gasteiger partial charge < -0.3 is 10.1 Å². The van der Waals surface area contributed by atoms with Gasteiger partial charge in [-0.2, -0.15) is 0 Å². The first-order valence-corrected chi connectivity index (χ1v) is 8.17. The molecule has 1 aliphatic rings. The van der Waals surface area contributed by atoms with E-state index in [-0.39, 0.29) is 12.5 Å². The van der Waals surface area contributed by atoms with Gasteiger partial charge in [-0.1, -0.05) is 19.1 Å². The van der Waals surface area contributed by atoms with Crippen molar-refractivity contribution < 1.29 is 18.7 Å². The van der Waals surface area contributed by atoms with Crippen molar-refractivity contribution in [3.05, 3.63) is 65.5 Å². The molecule has 1 aliphatic heterocycles. The molecular formula is C19H19FN2O3. The second-order valence-corrected chi connectivity index (χ2v) is 5.85. The maximum atomic E-state index is 12.9. The number of rotatable bonds is 5. The van der Waals surface area contributed by atoms with Gasteiger partial charge in [-0.3, -0.25) is 9.69 Å². The van der Waals surface area contributed by atoms with Crippen LogP contribution in [0.25, 0.3) is 0 Å². The predicted molar refractivity (Wildman–Crippen MR) is 92.2 cm³/mol. The Hall–Kier alpha value is -2.89. The summed E-state index contributed by atoms with van der Waals surface area (Å²) in [6, 6.07) is 13.0. The van der Waals surface area contributed by atoms with Crippen LogP contribution >= 0.6 is 0 Å². The van der Waals surface area contributed by atoms with Crippen molar-refractivity contribution in [3.8, 4) is 0 Å². The number of ether oxygens (including phenoxy) is 1. The molecule has 0 saturated carbocycles. The van der Waals surface area contributed by atoms with E-state index in [2.05, 4.69) is 12.2 Å². The molecule has 1 heterocycles. The molecule has 5 nitrogen and oxygen atoms in total. The van der Waals surface area contributed by atoms with E-state index >= 15 is 0 Å². The average Bonchev–Trinajstić information content (AvgIpc) is 3.01. The van der Waals surface area contributed by atoms with E-state index in [1.807, 2.05) is 24.3 Å². The fraction of sp³-hybridized carbons (Fsp3) is 0.263. The molecule has 1 atom stereocenters. The fourth-order valence-corrected chi connectivity index (χ4v) is 2.66. The predicted octanol–water partition coefficient (Wildman–Crippen LogP) is 3.14. The highest BCUT2D eigenvalue weighted by Gasteiger charge is 2.32. The third-order valence-electron chi connectivity index (χ3n) is 4.13. The minimum Gasteiger partial charge on any atom is -0.442 e. The average molecular weight is 342 g/mol. The molecule has 3 rings (SSSR count). The molecule has 2 aromatic rings. The van der Waals surface area contributed by atoms with Crippen molar-refractivity contribution in [2.75, 3.05) is 18.0 Å². The summed E-state index contributed by atoms with van der Waals surface area (Å²) in [6.07, 6.45) is 0.0796. The third kappa shape index (κ3) is 3.96. The number of carbonyl (C=O) groups excluding carboxylic acids is 2. The van der Waals surface area contributed by atoms with Crippen molar-refractivity contribution in [1.82, 2.24) is 5.32 Å². The third-order valence-corrected chi connectivity index (χ3v) is 4.13. The number of cyclic esters (lactones) is 1. The second kappa shape index (κ2) is 7.34. The lowest BCUT2D eigenvalue weighted by atomic mass is 10.1. The SMILES string of the molecule is CCc1ccc(N2CC(CNC(=O)c3ccc(F)cc3)OC2=O)cc1. The molecule has 2 aromatic carbocycles. The number of nitrogens with one attached hydrogen (secondary N) is 1. The fourth-order valence-electron chi connectivity index (χ4n) is 2.66. The number of benzene rings is 2. The van der Waals surface area contributed by atoms with E-state index in [0.717, 1.165) is 12.1 Å². The maximum absolute atomic E-state index is 12.9. The van der Waals surface area contributed by atoms with E-state index in [1.165, 1.54) is 29.8 Å². The van der Waals surface area contributed by atoms with Crippen LogP contribution in [-0.2, 0) is 11.2 Å². The van der Waals surface area contributed by atoms with Crippen LogP contribution in [-0.4, -0.2) is 31.2 Å². The molecule has 0 bridgehead atoms. The van der Waals surface area contributed by atoms with Gasteiger partial charge in [-0.25, -0.2) is 9.18 Å². The van der Waals surface area contributed by atoms with Gasteiger partial charge in [0.05, 0.1) is 13.1 Å². The summed E-state index contributed by atoms with van der Waals surface area (Å²) in [5, 5.41) is 2.71. The van der Waals surface area contributed by atoms with Gasteiger partial charge in [0.2, 0.25) is 0 Å². The summed E-state index contributed by atoms with van der Waals surface area (Å²) >= 11 is 0. The zero-order valence-electron chi connectivity index (χ0n) is 13.9. The number of amides is 2. The first-order valence-electron chi connectivity index (χ1n) is 8.17. The molecule has 0 radical (unpaired) electrons. The van der Waals surface area contributed by atoms with Gasteiger partial charge in [0.25, 0.3) is 5.91 Å². The number of carbonyl (C=O) groups is 2. The summed E-state index contributed by atoms with van der Waals surface area (Å²) in [5.41, 5.74) is 2.33. The summed E-state index contributed by atoms with van der Waals surface area (Å²) in [7, 11) is 0. The van der Waals surface area contributed by atoms with Crippen molar-refractivity contribution >= 4 is 17.7 Å². The molecule has 0 spiro atoms. The molecule has 1 unspecified atom stereocenters. The molecule has 130 valence electrons. The molecular weight excluding hydrogens is 323 g/mol. The van der Waals surface area contributed by atoms with Crippen LogP contribution in [0.3, 0.4) is 0 Å². The zero-order valence-corrected chi connectivity index (χ0v) is 13.9. The van der Waals surface area contributed by atoms with Crippen molar-refractivity contribution in [2.24, 2.45) is 0 Å². The van der Waals surface area contributed by atoms with Gasteiger partial charge in [0.1, 0.15) is 11.9 Å². The van der Waals surface area contributed by atoms with Crippen LogP contribution < -0.4 is 10.2 Å². The first-order chi connectivity index (χ1) is 12.1. The largest absolute Gasteiger partial charge is 0.442 e. The topological polar surface area (TPSA) is 58.6 Å². The Morgan fingerprint density at radius 3 is 2.52 bits per heavy atom. The lowest BCUT2D eigenvalue weighted by Crippen LogP contribution is -2.34. The lowest BCUT2D eigenvalue weighted by molar-refractivity contribution is 0.0916. The number of anilines is 1. The smallest absolute Gasteiger partial charge is 0.414 e. The number of aryl methyl sites for hydroxylation is 1. The van der Waals surface area contributed by atoms with Gasteiger partial charge in [0.15, 0.2) is 0 Å². The number of nitrogens with zero attached hydrogens (tertiary/aromatic N) is 1. The highest BCUT2D eigenvalue weighted by atomic mass is 19.1. The van der Waals surface area contributed by atoms with E-state index in [4.69, 9.17) is 4.74 Å². The summed E-state index contributed by atoms with van der Waals surface area (Å²) < 4.78 is 18.2. The second-order valence-electron chi connectivity index (χ2n) is 5.85. The van der Waals surface area contributed by atoms with Crippen LogP contribution in [0.4, 0.5) is 14.9 Å². The van der Waals surface area contributed by atoms with E-state index in [1.54, 1.807) is 4.90 Å². The highest BCUT2D eigenvalue weighted by molar-refractivity contribution is 5.94. The molecule has 1 N–H and O–H groups in total. The molecule has 1 saturated heterocycles. The Bertz CT molecular complexity index is 759. The van der Waals surface area contributed by atoms with E-state index in [9.17, 15) is 14.0 Å². The van der Waals surface area contributed by atoms with Gasteiger partial charge in [-0.05, 0) is 48.4 Å². The molecule has 0 aromatic heterocycles. The standard InChI is InChI=1S/C19H19FN2O3/c1-2-13-3-9-16(10-4-13)22-12-17(25-19(22)24)11-21-18(23)14-5-7-15(20)8-6-14/h3-10,17H,2,11-12H2,1H3,(H,21,23). The zero-order chi connectivity index (χ0) is 17.8. The van der Waals surface area contributed by atoms with E-state index < -0.39 is 18.0 Å². The number of halogens is 1. The van der Waals surface area contributed by atoms with Crippen LogP contribution in [0.2, 0.25) is 0 Å². The summed E-state index contributed by atoms with van der Waals surface area (Å²) in [4.78, 5) is 25.6. The van der Waals surface area contributed by atoms with Crippen LogP contribution in [0.5, 0.6) is 0 Å². The lowest BCUT2D eigenvalue weighted by Gasteiger charge is -2.13.